The van der Waals surface area contributed by atoms with Gasteiger partial charge in [0.15, 0.2) is 0 Å². The fraction of sp³-hybridized carbons (Fsp3) is 0.0769. The lowest BCUT2D eigenvalue weighted by atomic mass is 10.2. The molecular weight excluding hydrogens is 324 g/mol. The van der Waals surface area contributed by atoms with Crippen LogP contribution in [0.3, 0.4) is 0 Å². The molecule has 0 aliphatic heterocycles. The third-order valence-electron chi connectivity index (χ3n) is 2.42. The topological polar surface area (TPSA) is 12.0 Å². The van der Waals surface area contributed by atoms with Crippen molar-refractivity contribution in [3.05, 3.63) is 63.1 Å². The van der Waals surface area contributed by atoms with E-state index < -0.39 is 11.6 Å². The first-order valence-corrected chi connectivity index (χ1v) is 6.36. The van der Waals surface area contributed by atoms with Crippen LogP contribution >= 0.6 is 27.5 Å². The van der Waals surface area contributed by atoms with Gasteiger partial charge in [0.1, 0.15) is 11.6 Å². The zero-order valence-corrected chi connectivity index (χ0v) is 11.5. The SMILES string of the molecule is Fc1cc(Cl)ccc1CNc1ccc(Br)cc1F. The third-order valence-corrected chi connectivity index (χ3v) is 3.14. The van der Waals surface area contributed by atoms with Crippen LogP contribution in [0.15, 0.2) is 40.9 Å². The minimum absolute atomic E-state index is 0.196. The van der Waals surface area contributed by atoms with E-state index in [1.807, 2.05) is 0 Å². The molecule has 1 N–H and O–H groups in total. The summed E-state index contributed by atoms with van der Waals surface area (Å²) in [6.45, 7) is 0.196. The first-order valence-electron chi connectivity index (χ1n) is 5.19. The Balaban J connectivity index is 2.11. The summed E-state index contributed by atoms with van der Waals surface area (Å²) in [5.41, 5.74) is 0.759. The molecule has 0 atom stereocenters. The third kappa shape index (κ3) is 3.21. The van der Waals surface area contributed by atoms with Gasteiger partial charge in [-0.3, -0.25) is 0 Å². The number of halogens is 4. The van der Waals surface area contributed by atoms with Crippen molar-refractivity contribution in [2.24, 2.45) is 0 Å². The Morgan fingerprint density at radius 1 is 1.06 bits per heavy atom. The molecule has 2 aromatic carbocycles. The molecule has 0 bridgehead atoms. The van der Waals surface area contributed by atoms with E-state index in [4.69, 9.17) is 11.6 Å². The molecular formula is C13H9BrClF2N. The average molecular weight is 333 g/mol. The van der Waals surface area contributed by atoms with Gasteiger partial charge < -0.3 is 5.32 Å². The van der Waals surface area contributed by atoms with Gasteiger partial charge >= 0.3 is 0 Å². The van der Waals surface area contributed by atoms with Crippen LogP contribution in [0.25, 0.3) is 0 Å². The van der Waals surface area contributed by atoms with Crippen molar-refractivity contribution >= 4 is 33.2 Å². The average Bonchev–Trinajstić information content (AvgIpc) is 2.30. The van der Waals surface area contributed by atoms with E-state index in [0.29, 0.717) is 20.7 Å². The number of nitrogens with one attached hydrogen (secondary N) is 1. The van der Waals surface area contributed by atoms with E-state index in [2.05, 4.69) is 21.2 Å². The molecule has 0 amide bonds. The molecule has 94 valence electrons. The highest BCUT2D eigenvalue weighted by Gasteiger charge is 2.05. The summed E-state index contributed by atoms with van der Waals surface area (Å²) in [5.74, 6) is -0.800. The predicted molar refractivity (Wildman–Crippen MR) is 72.8 cm³/mol. The molecule has 0 heterocycles. The van der Waals surface area contributed by atoms with Crippen molar-refractivity contribution in [1.82, 2.24) is 0 Å². The summed E-state index contributed by atoms with van der Waals surface area (Å²) < 4.78 is 27.7. The quantitative estimate of drug-likeness (QED) is 0.834. The maximum Gasteiger partial charge on any atom is 0.147 e. The first-order chi connectivity index (χ1) is 8.56. The Kier molecular flexibility index (Phi) is 4.19. The van der Waals surface area contributed by atoms with Crippen molar-refractivity contribution in [3.63, 3.8) is 0 Å². The van der Waals surface area contributed by atoms with E-state index in [9.17, 15) is 8.78 Å². The number of hydrogen-bond donors (Lipinski definition) is 1. The Bertz CT molecular complexity index is 523. The maximum absolute atomic E-state index is 13.5. The van der Waals surface area contributed by atoms with E-state index >= 15 is 0 Å². The van der Waals surface area contributed by atoms with Crippen molar-refractivity contribution in [3.8, 4) is 0 Å². The van der Waals surface area contributed by atoms with Gasteiger partial charge in [0.05, 0.1) is 5.69 Å². The van der Waals surface area contributed by atoms with Crippen LogP contribution in [0.2, 0.25) is 5.02 Å². The molecule has 2 aromatic rings. The highest BCUT2D eigenvalue weighted by atomic mass is 79.9. The lowest BCUT2D eigenvalue weighted by Gasteiger charge is -2.09. The molecule has 0 saturated heterocycles. The van der Waals surface area contributed by atoms with Gasteiger partial charge in [0, 0.05) is 21.6 Å². The molecule has 0 aliphatic carbocycles. The molecule has 0 saturated carbocycles. The fourth-order valence-corrected chi connectivity index (χ4v) is 1.98. The Hall–Kier alpha value is -1.13. The second kappa shape index (κ2) is 5.67. The Morgan fingerprint density at radius 2 is 1.83 bits per heavy atom. The van der Waals surface area contributed by atoms with Crippen LogP contribution < -0.4 is 5.32 Å². The van der Waals surface area contributed by atoms with Gasteiger partial charge in [-0.05, 0) is 30.3 Å². The highest BCUT2D eigenvalue weighted by Crippen LogP contribution is 2.21. The number of benzene rings is 2. The van der Waals surface area contributed by atoms with Gasteiger partial charge in [-0.2, -0.15) is 0 Å². The molecule has 0 spiro atoms. The standard InChI is InChI=1S/C13H9BrClF2N/c14-9-2-4-13(12(17)5-9)18-7-8-1-3-10(15)6-11(8)16/h1-6,18H,7H2. The molecule has 0 radical (unpaired) electrons. The van der Waals surface area contributed by atoms with Crippen LogP contribution in [0.5, 0.6) is 0 Å². The van der Waals surface area contributed by atoms with E-state index in [1.54, 1.807) is 24.3 Å². The smallest absolute Gasteiger partial charge is 0.147 e. The highest BCUT2D eigenvalue weighted by molar-refractivity contribution is 9.10. The van der Waals surface area contributed by atoms with Crippen molar-refractivity contribution < 1.29 is 8.78 Å². The number of anilines is 1. The molecule has 5 heteroatoms. The van der Waals surface area contributed by atoms with E-state index in [0.717, 1.165) is 0 Å². The van der Waals surface area contributed by atoms with Crippen LogP contribution in [0.4, 0.5) is 14.5 Å². The zero-order chi connectivity index (χ0) is 13.1. The molecule has 18 heavy (non-hydrogen) atoms. The summed E-state index contributed by atoms with van der Waals surface area (Å²) in [5, 5.41) is 3.18. The predicted octanol–water partition coefficient (Wildman–Crippen LogP) is 4.99. The van der Waals surface area contributed by atoms with Crippen LogP contribution in [-0.2, 0) is 6.54 Å². The van der Waals surface area contributed by atoms with Crippen molar-refractivity contribution in [1.29, 1.82) is 0 Å². The van der Waals surface area contributed by atoms with Crippen LogP contribution in [-0.4, -0.2) is 0 Å². The number of rotatable bonds is 3. The fourth-order valence-electron chi connectivity index (χ4n) is 1.49. The van der Waals surface area contributed by atoms with Gasteiger partial charge in [-0.15, -0.1) is 0 Å². The summed E-state index contributed by atoms with van der Waals surface area (Å²) in [4.78, 5) is 0. The summed E-state index contributed by atoms with van der Waals surface area (Å²) >= 11 is 8.82. The largest absolute Gasteiger partial charge is 0.378 e. The molecule has 1 nitrogen and oxygen atoms in total. The van der Waals surface area contributed by atoms with Crippen molar-refractivity contribution in [2.75, 3.05) is 5.32 Å². The lowest BCUT2D eigenvalue weighted by molar-refractivity contribution is 0.610. The minimum Gasteiger partial charge on any atom is -0.378 e. The summed E-state index contributed by atoms with van der Waals surface area (Å²) in [6.07, 6.45) is 0. The second-order valence-corrected chi connectivity index (χ2v) is 5.07. The Labute approximate surface area is 117 Å². The van der Waals surface area contributed by atoms with Gasteiger partial charge in [-0.1, -0.05) is 33.6 Å². The van der Waals surface area contributed by atoms with E-state index in [1.165, 1.54) is 12.1 Å². The van der Waals surface area contributed by atoms with Crippen LogP contribution in [0.1, 0.15) is 5.56 Å². The summed E-state index contributed by atoms with van der Waals surface area (Å²) in [6, 6.07) is 9.05. The van der Waals surface area contributed by atoms with Crippen molar-refractivity contribution in [2.45, 2.75) is 6.54 Å². The molecule has 0 aliphatic rings. The van der Waals surface area contributed by atoms with Gasteiger partial charge in [0.2, 0.25) is 0 Å². The maximum atomic E-state index is 13.5. The lowest BCUT2D eigenvalue weighted by Crippen LogP contribution is -2.03. The molecule has 0 fully saturated rings. The monoisotopic (exact) mass is 331 g/mol. The first kappa shape index (κ1) is 13.3. The van der Waals surface area contributed by atoms with Crippen LogP contribution in [0, 0.1) is 11.6 Å². The zero-order valence-electron chi connectivity index (χ0n) is 9.18. The second-order valence-electron chi connectivity index (χ2n) is 3.71. The Morgan fingerprint density at radius 3 is 2.50 bits per heavy atom. The normalized spacial score (nSPS) is 10.4. The van der Waals surface area contributed by atoms with E-state index in [-0.39, 0.29) is 6.54 Å². The van der Waals surface area contributed by atoms with Gasteiger partial charge in [0.25, 0.3) is 0 Å². The molecule has 0 aromatic heterocycles. The van der Waals surface area contributed by atoms with Gasteiger partial charge in [-0.25, -0.2) is 8.78 Å². The molecule has 0 unspecified atom stereocenters. The minimum atomic E-state index is -0.410. The number of hydrogen-bond acceptors (Lipinski definition) is 1. The molecule has 2 rings (SSSR count). The summed E-state index contributed by atoms with van der Waals surface area (Å²) in [7, 11) is 0.